The van der Waals surface area contributed by atoms with E-state index in [2.05, 4.69) is 52.2 Å². The molecular weight excluding hydrogens is 226 g/mol. The lowest BCUT2D eigenvalue weighted by Crippen LogP contribution is -2.24. The molecule has 0 fully saturated rings. The number of hydrogen-bond acceptors (Lipinski definition) is 5. The topological polar surface area (TPSA) is 44.3 Å². The summed E-state index contributed by atoms with van der Waals surface area (Å²) < 4.78 is 0. The van der Waals surface area contributed by atoms with E-state index in [4.69, 9.17) is 0 Å². The maximum atomic E-state index is 4.33. The molecule has 1 N–H and O–H groups in total. The molecule has 0 aromatic carbocycles. The van der Waals surface area contributed by atoms with Gasteiger partial charge in [0.1, 0.15) is 18.0 Å². The lowest BCUT2D eigenvalue weighted by atomic mass is 10.3. The average molecular weight is 251 g/mol. The van der Waals surface area contributed by atoms with Gasteiger partial charge in [-0.3, -0.25) is 0 Å². The van der Waals surface area contributed by atoms with Crippen molar-refractivity contribution in [2.75, 3.05) is 50.6 Å². The number of aromatic nitrogens is 2. The molecule has 5 heteroatoms. The molecule has 1 heterocycles. The van der Waals surface area contributed by atoms with Gasteiger partial charge in [-0.25, -0.2) is 9.97 Å². The summed E-state index contributed by atoms with van der Waals surface area (Å²) >= 11 is 0. The van der Waals surface area contributed by atoms with Crippen molar-refractivity contribution in [3.8, 4) is 0 Å². The van der Waals surface area contributed by atoms with E-state index >= 15 is 0 Å². The third-order valence-electron chi connectivity index (χ3n) is 2.90. The van der Waals surface area contributed by atoms with Gasteiger partial charge in [-0.2, -0.15) is 0 Å². The largest absolute Gasteiger partial charge is 0.360 e. The van der Waals surface area contributed by atoms with Crippen molar-refractivity contribution in [2.45, 2.75) is 19.8 Å². The highest BCUT2D eigenvalue weighted by Crippen LogP contribution is 2.15. The molecule has 0 atom stereocenters. The van der Waals surface area contributed by atoms with Crippen LogP contribution in [0.3, 0.4) is 0 Å². The van der Waals surface area contributed by atoms with Crippen LogP contribution in [0, 0.1) is 0 Å². The second-order valence-electron chi connectivity index (χ2n) is 4.53. The Hall–Kier alpha value is -1.36. The first kappa shape index (κ1) is 14.7. The third-order valence-corrected chi connectivity index (χ3v) is 2.90. The molecule has 0 spiro atoms. The Morgan fingerprint density at radius 3 is 2.28 bits per heavy atom. The van der Waals surface area contributed by atoms with Crippen LogP contribution >= 0.6 is 0 Å². The fraction of sp³-hybridized carbons (Fsp3) is 0.692. The Morgan fingerprint density at radius 1 is 1.11 bits per heavy atom. The molecule has 1 aromatic heterocycles. The van der Waals surface area contributed by atoms with Gasteiger partial charge in [-0.1, -0.05) is 6.92 Å². The normalized spacial score (nSPS) is 10.4. The molecule has 0 saturated carbocycles. The minimum Gasteiger partial charge on any atom is -0.360 e. The average Bonchev–Trinajstić information content (AvgIpc) is 2.39. The van der Waals surface area contributed by atoms with Crippen molar-refractivity contribution in [3.05, 3.63) is 12.4 Å². The Morgan fingerprint density at radius 2 is 1.72 bits per heavy atom. The summed E-state index contributed by atoms with van der Waals surface area (Å²) in [7, 11) is 6.11. The molecule has 0 unspecified atom stereocenters. The van der Waals surface area contributed by atoms with Gasteiger partial charge in [-0.15, -0.1) is 0 Å². The molecular formula is C13H25N5. The monoisotopic (exact) mass is 251 g/mol. The van der Waals surface area contributed by atoms with Crippen molar-refractivity contribution in [1.82, 2.24) is 15.3 Å². The van der Waals surface area contributed by atoms with Gasteiger partial charge in [-0.05, 0) is 26.4 Å². The van der Waals surface area contributed by atoms with Crippen LogP contribution in [0.25, 0.3) is 0 Å². The highest BCUT2D eigenvalue weighted by Gasteiger charge is 2.06. The van der Waals surface area contributed by atoms with Crippen molar-refractivity contribution in [3.63, 3.8) is 0 Å². The standard InChI is InChI=1S/C13H25N5/c1-5-8-17(3)12-10-13(16-11-15-12)18(4)9-6-7-14-2/h10-11,14H,5-9H2,1-4H3. The van der Waals surface area contributed by atoms with Crippen LogP contribution in [0.4, 0.5) is 11.6 Å². The van der Waals surface area contributed by atoms with E-state index in [0.29, 0.717) is 0 Å². The van der Waals surface area contributed by atoms with Crippen LogP contribution < -0.4 is 15.1 Å². The summed E-state index contributed by atoms with van der Waals surface area (Å²) in [5.41, 5.74) is 0. The smallest absolute Gasteiger partial charge is 0.133 e. The molecule has 0 bridgehead atoms. The summed E-state index contributed by atoms with van der Waals surface area (Å²) in [6.07, 6.45) is 3.87. The van der Waals surface area contributed by atoms with Crippen LogP contribution in [0.15, 0.2) is 12.4 Å². The van der Waals surface area contributed by atoms with Gasteiger partial charge < -0.3 is 15.1 Å². The lowest BCUT2D eigenvalue weighted by Gasteiger charge is -2.21. The second-order valence-corrected chi connectivity index (χ2v) is 4.53. The van der Waals surface area contributed by atoms with Crippen LogP contribution in [0.2, 0.25) is 0 Å². The summed E-state index contributed by atoms with van der Waals surface area (Å²) in [5.74, 6) is 1.97. The van der Waals surface area contributed by atoms with Crippen molar-refractivity contribution in [1.29, 1.82) is 0 Å². The molecule has 1 rings (SSSR count). The summed E-state index contributed by atoms with van der Waals surface area (Å²) in [6.45, 7) is 5.20. The number of anilines is 2. The van der Waals surface area contributed by atoms with Gasteiger partial charge in [0, 0.05) is 33.3 Å². The summed E-state index contributed by atoms with van der Waals surface area (Å²) in [5, 5.41) is 3.15. The highest BCUT2D eigenvalue weighted by molar-refractivity contribution is 5.49. The zero-order valence-electron chi connectivity index (χ0n) is 12.0. The molecule has 0 aliphatic rings. The van der Waals surface area contributed by atoms with Gasteiger partial charge >= 0.3 is 0 Å². The fourth-order valence-corrected chi connectivity index (χ4v) is 1.81. The van der Waals surface area contributed by atoms with Crippen LogP contribution in [0.1, 0.15) is 19.8 Å². The quantitative estimate of drug-likeness (QED) is 0.707. The second kappa shape index (κ2) is 7.87. The number of rotatable bonds is 8. The third kappa shape index (κ3) is 4.49. The van der Waals surface area contributed by atoms with E-state index in [1.807, 2.05) is 7.05 Å². The van der Waals surface area contributed by atoms with E-state index in [1.54, 1.807) is 6.33 Å². The molecule has 102 valence electrons. The minimum absolute atomic E-state index is 0.985. The van der Waals surface area contributed by atoms with Crippen molar-refractivity contribution >= 4 is 11.6 Å². The lowest BCUT2D eigenvalue weighted by molar-refractivity contribution is 0.708. The van der Waals surface area contributed by atoms with E-state index < -0.39 is 0 Å². The molecule has 0 radical (unpaired) electrons. The van der Waals surface area contributed by atoms with E-state index in [1.165, 1.54) is 0 Å². The van der Waals surface area contributed by atoms with E-state index in [9.17, 15) is 0 Å². The number of nitrogens with zero attached hydrogens (tertiary/aromatic N) is 4. The predicted molar refractivity (Wildman–Crippen MR) is 77.4 cm³/mol. The first-order valence-electron chi connectivity index (χ1n) is 6.58. The maximum Gasteiger partial charge on any atom is 0.133 e. The zero-order valence-corrected chi connectivity index (χ0v) is 12.0. The van der Waals surface area contributed by atoms with Crippen molar-refractivity contribution in [2.24, 2.45) is 0 Å². The fourth-order valence-electron chi connectivity index (χ4n) is 1.81. The summed E-state index contributed by atoms with van der Waals surface area (Å²) in [4.78, 5) is 13.0. The molecule has 5 nitrogen and oxygen atoms in total. The van der Waals surface area contributed by atoms with Gasteiger partial charge in [0.05, 0.1) is 0 Å². The Labute approximate surface area is 110 Å². The molecule has 0 saturated heterocycles. The van der Waals surface area contributed by atoms with E-state index in [0.717, 1.165) is 44.1 Å². The summed E-state index contributed by atoms with van der Waals surface area (Å²) in [6, 6.07) is 2.05. The number of nitrogens with one attached hydrogen (secondary N) is 1. The Bertz CT molecular complexity index is 342. The zero-order chi connectivity index (χ0) is 13.4. The van der Waals surface area contributed by atoms with Crippen molar-refractivity contribution < 1.29 is 0 Å². The first-order valence-corrected chi connectivity index (χ1v) is 6.58. The van der Waals surface area contributed by atoms with Gasteiger partial charge in [0.25, 0.3) is 0 Å². The molecule has 0 aliphatic heterocycles. The molecule has 0 aliphatic carbocycles. The van der Waals surface area contributed by atoms with Crippen LogP contribution in [-0.4, -0.2) is 50.7 Å². The predicted octanol–water partition coefficient (Wildman–Crippen LogP) is 1.37. The number of hydrogen-bond donors (Lipinski definition) is 1. The van der Waals surface area contributed by atoms with Crippen LogP contribution in [-0.2, 0) is 0 Å². The Kier molecular flexibility index (Phi) is 6.43. The molecule has 1 aromatic rings. The SMILES string of the molecule is CCCN(C)c1cc(N(C)CCCNC)ncn1. The molecule has 18 heavy (non-hydrogen) atoms. The maximum absolute atomic E-state index is 4.33. The Balaban J connectivity index is 2.63. The highest BCUT2D eigenvalue weighted by atomic mass is 15.2. The first-order chi connectivity index (χ1) is 8.69. The van der Waals surface area contributed by atoms with E-state index in [-0.39, 0.29) is 0 Å². The minimum atomic E-state index is 0.985. The van der Waals surface area contributed by atoms with Gasteiger partial charge in [0.15, 0.2) is 0 Å². The van der Waals surface area contributed by atoms with Gasteiger partial charge in [0.2, 0.25) is 0 Å². The molecule has 0 amide bonds. The van der Waals surface area contributed by atoms with Crippen LogP contribution in [0.5, 0.6) is 0 Å².